The summed E-state index contributed by atoms with van der Waals surface area (Å²) in [5.74, 6) is -1.55. The molecule has 0 saturated heterocycles. The fraction of sp³-hybridized carbons (Fsp3) is 0.273. The molecule has 2 unspecified atom stereocenters. The maximum Gasteiger partial charge on any atom is 0.244 e. The van der Waals surface area contributed by atoms with E-state index in [0.717, 1.165) is 21.5 Å². The van der Waals surface area contributed by atoms with Crippen molar-refractivity contribution in [2.45, 2.75) is 45.3 Å². The van der Waals surface area contributed by atoms with Crippen LogP contribution in [0.4, 0.5) is 10.1 Å². The van der Waals surface area contributed by atoms with Gasteiger partial charge in [0.25, 0.3) is 0 Å². The molecule has 0 radical (unpaired) electrons. The molecule has 1 N–H and O–H groups in total. The number of benzene rings is 4. The van der Waals surface area contributed by atoms with Crippen LogP contribution in [0.2, 0.25) is 0 Å². The Bertz CT molecular complexity index is 1640. The third-order valence-corrected chi connectivity index (χ3v) is 8.41. The number of fused-ring (bicyclic) bond motifs is 1. The van der Waals surface area contributed by atoms with Gasteiger partial charge in [-0.15, -0.1) is 0 Å². The van der Waals surface area contributed by atoms with Crippen LogP contribution in [0.1, 0.15) is 31.4 Å². The van der Waals surface area contributed by atoms with E-state index in [0.29, 0.717) is 17.5 Å². The van der Waals surface area contributed by atoms with Gasteiger partial charge in [-0.3, -0.25) is 13.9 Å². The number of hydrogen-bond acceptors (Lipinski definition) is 4. The molecule has 4 aromatic carbocycles. The quantitative estimate of drug-likeness (QED) is 0.243. The minimum atomic E-state index is -3.94. The van der Waals surface area contributed by atoms with Gasteiger partial charge in [-0.1, -0.05) is 91.9 Å². The van der Waals surface area contributed by atoms with Crippen molar-refractivity contribution in [3.8, 4) is 0 Å². The molecule has 0 aliphatic heterocycles. The van der Waals surface area contributed by atoms with E-state index in [1.807, 2.05) is 62.4 Å². The van der Waals surface area contributed by atoms with Crippen molar-refractivity contribution in [1.82, 2.24) is 10.2 Å². The first-order chi connectivity index (χ1) is 20.1. The van der Waals surface area contributed by atoms with Crippen LogP contribution in [0.3, 0.4) is 0 Å². The molecule has 2 amide bonds. The van der Waals surface area contributed by atoms with E-state index in [2.05, 4.69) is 5.32 Å². The summed E-state index contributed by atoms with van der Waals surface area (Å²) in [5, 5.41) is 4.44. The summed E-state index contributed by atoms with van der Waals surface area (Å²) in [5.41, 5.74) is 1.37. The van der Waals surface area contributed by atoms with E-state index in [9.17, 15) is 22.4 Å². The van der Waals surface area contributed by atoms with E-state index in [1.54, 1.807) is 42.5 Å². The van der Waals surface area contributed by atoms with E-state index in [4.69, 9.17) is 0 Å². The molecule has 7 nitrogen and oxygen atoms in total. The van der Waals surface area contributed by atoms with E-state index in [-0.39, 0.29) is 24.6 Å². The maximum atomic E-state index is 14.9. The molecule has 2 atom stereocenters. The third kappa shape index (κ3) is 7.53. The first-order valence-corrected chi connectivity index (χ1v) is 15.8. The molecule has 4 rings (SSSR count). The highest BCUT2D eigenvalue weighted by atomic mass is 32.2. The van der Waals surface area contributed by atoms with Gasteiger partial charge in [-0.25, -0.2) is 12.8 Å². The average molecular weight is 590 g/mol. The lowest BCUT2D eigenvalue weighted by Crippen LogP contribution is -2.54. The fourth-order valence-corrected chi connectivity index (χ4v) is 5.69. The van der Waals surface area contributed by atoms with Gasteiger partial charge in [0.2, 0.25) is 21.8 Å². The SMILES string of the molecule is CCC(C)NC(=O)C(Cc1ccccc1)N(Cc1ccccc1F)C(=O)CN(c1cccc2ccccc12)S(C)(=O)=O. The Balaban J connectivity index is 1.79. The van der Waals surface area contributed by atoms with Gasteiger partial charge in [0.15, 0.2) is 0 Å². The van der Waals surface area contributed by atoms with Crippen LogP contribution in [-0.2, 0) is 32.6 Å². The lowest BCUT2D eigenvalue weighted by molar-refractivity contribution is -0.140. The number of anilines is 1. The van der Waals surface area contributed by atoms with Gasteiger partial charge in [-0.2, -0.15) is 0 Å². The molecule has 0 fully saturated rings. The number of nitrogens with one attached hydrogen (secondary N) is 1. The number of carbonyl (C=O) groups excluding carboxylic acids is 2. The summed E-state index contributed by atoms with van der Waals surface area (Å²) in [6.45, 7) is 3.02. The molecule has 0 aliphatic rings. The van der Waals surface area contributed by atoms with Crippen molar-refractivity contribution in [3.63, 3.8) is 0 Å². The molecular formula is C33H36FN3O4S. The normalized spacial score (nSPS) is 12.9. The van der Waals surface area contributed by atoms with E-state index >= 15 is 0 Å². The van der Waals surface area contributed by atoms with Gasteiger partial charge in [-0.05, 0) is 36.4 Å². The smallest absolute Gasteiger partial charge is 0.244 e. The molecule has 0 aromatic heterocycles. The molecule has 4 aromatic rings. The number of carbonyl (C=O) groups is 2. The van der Waals surface area contributed by atoms with Gasteiger partial charge in [0.1, 0.15) is 18.4 Å². The fourth-order valence-electron chi connectivity index (χ4n) is 4.83. The molecule has 9 heteroatoms. The monoisotopic (exact) mass is 589 g/mol. The van der Waals surface area contributed by atoms with Gasteiger partial charge in [0, 0.05) is 30.0 Å². The zero-order chi connectivity index (χ0) is 30.3. The number of nitrogens with zero attached hydrogens (tertiary/aromatic N) is 2. The van der Waals surface area contributed by atoms with Crippen molar-refractivity contribution in [2.24, 2.45) is 0 Å². The van der Waals surface area contributed by atoms with Gasteiger partial charge >= 0.3 is 0 Å². The molecule has 0 heterocycles. The summed E-state index contributed by atoms with van der Waals surface area (Å²) < 4.78 is 42.3. The predicted molar refractivity (Wildman–Crippen MR) is 165 cm³/mol. The van der Waals surface area contributed by atoms with Crippen LogP contribution in [0, 0.1) is 5.82 Å². The second-order valence-electron chi connectivity index (χ2n) is 10.4. The summed E-state index contributed by atoms with van der Waals surface area (Å²) in [6.07, 6.45) is 1.88. The van der Waals surface area contributed by atoms with Crippen molar-refractivity contribution in [2.75, 3.05) is 17.1 Å². The van der Waals surface area contributed by atoms with Gasteiger partial charge < -0.3 is 10.2 Å². The molecule has 0 saturated carbocycles. The summed E-state index contributed by atoms with van der Waals surface area (Å²) >= 11 is 0. The Morgan fingerprint density at radius 1 is 0.881 bits per heavy atom. The highest BCUT2D eigenvalue weighted by Crippen LogP contribution is 2.29. The predicted octanol–water partition coefficient (Wildman–Crippen LogP) is 5.30. The topological polar surface area (TPSA) is 86.8 Å². The Kier molecular flexibility index (Phi) is 9.96. The second kappa shape index (κ2) is 13.6. The number of hydrogen-bond donors (Lipinski definition) is 1. The highest BCUT2D eigenvalue weighted by Gasteiger charge is 2.34. The highest BCUT2D eigenvalue weighted by molar-refractivity contribution is 7.92. The molecule has 0 bridgehead atoms. The van der Waals surface area contributed by atoms with Crippen LogP contribution in [0.25, 0.3) is 10.8 Å². The minimum absolute atomic E-state index is 0.163. The second-order valence-corrected chi connectivity index (χ2v) is 12.3. The van der Waals surface area contributed by atoms with Crippen molar-refractivity contribution < 1.29 is 22.4 Å². The van der Waals surface area contributed by atoms with Crippen LogP contribution in [0.15, 0.2) is 97.1 Å². The largest absolute Gasteiger partial charge is 0.352 e. The average Bonchev–Trinajstić information content (AvgIpc) is 2.98. The lowest BCUT2D eigenvalue weighted by Gasteiger charge is -2.34. The van der Waals surface area contributed by atoms with Crippen molar-refractivity contribution in [1.29, 1.82) is 0 Å². The maximum absolute atomic E-state index is 14.9. The Hall–Kier alpha value is -4.24. The number of sulfonamides is 1. The molecular weight excluding hydrogens is 553 g/mol. The minimum Gasteiger partial charge on any atom is -0.352 e. The third-order valence-electron chi connectivity index (χ3n) is 7.29. The zero-order valence-electron chi connectivity index (χ0n) is 24.0. The van der Waals surface area contributed by atoms with Crippen LogP contribution >= 0.6 is 0 Å². The first-order valence-electron chi connectivity index (χ1n) is 13.9. The number of halogens is 1. The molecule has 42 heavy (non-hydrogen) atoms. The molecule has 220 valence electrons. The van der Waals surface area contributed by atoms with Crippen LogP contribution in [0.5, 0.6) is 0 Å². The molecule has 0 aliphatic carbocycles. The standard InChI is InChI=1S/C33H36FN3O4S/c1-4-24(2)35-33(39)31(21-25-13-6-5-7-14-25)36(22-27-16-9-11-19-29(27)34)32(38)23-37(42(3,40)41)30-20-12-17-26-15-8-10-18-28(26)30/h5-20,24,31H,4,21-23H2,1-3H3,(H,35,39). The molecule has 0 spiro atoms. The lowest BCUT2D eigenvalue weighted by atomic mass is 10.0. The van der Waals surface area contributed by atoms with Crippen molar-refractivity contribution in [3.05, 3.63) is 114 Å². The first kappa shape index (κ1) is 30.7. The summed E-state index contributed by atoms with van der Waals surface area (Å²) in [4.78, 5) is 29.3. The summed E-state index contributed by atoms with van der Waals surface area (Å²) in [6, 6.07) is 26.7. The van der Waals surface area contributed by atoms with E-state index in [1.165, 1.54) is 11.0 Å². The van der Waals surface area contributed by atoms with Crippen LogP contribution in [-0.4, -0.2) is 50.0 Å². The Morgan fingerprint density at radius 3 is 2.21 bits per heavy atom. The number of rotatable bonds is 12. The van der Waals surface area contributed by atoms with Gasteiger partial charge in [0.05, 0.1) is 11.9 Å². The number of amides is 2. The Labute approximate surface area is 247 Å². The van der Waals surface area contributed by atoms with E-state index < -0.39 is 40.2 Å². The van der Waals surface area contributed by atoms with Crippen LogP contribution < -0.4 is 9.62 Å². The van der Waals surface area contributed by atoms with Crippen molar-refractivity contribution >= 4 is 38.3 Å². The summed E-state index contributed by atoms with van der Waals surface area (Å²) in [7, 11) is -3.94. The Morgan fingerprint density at radius 2 is 1.52 bits per heavy atom. The zero-order valence-corrected chi connectivity index (χ0v) is 24.9.